The van der Waals surface area contributed by atoms with Gasteiger partial charge in [-0.15, -0.1) is 0 Å². The van der Waals surface area contributed by atoms with Gasteiger partial charge in [-0.1, -0.05) is 0 Å². The molecule has 0 unspecified atom stereocenters. The maximum atomic E-state index is 13.0. The Morgan fingerprint density at radius 3 is 2.58 bits per heavy atom. The topological polar surface area (TPSA) is 115 Å². The first-order valence-electron chi connectivity index (χ1n) is 10.0. The van der Waals surface area contributed by atoms with Crippen molar-refractivity contribution in [1.29, 1.82) is 0 Å². The summed E-state index contributed by atoms with van der Waals surface area (Å²) >= 11 is 0. The number of carbonyl (C=O) groups excluding carboxylic acids is 1. The second-order valence-electron chi connectivity index (χ2n) is 7.46. The van der Waals surface area contributed by atoms with E-state index in [1.807, 2.05) is 18.2 Å². The molecule has 0 atom stereocenters. The Balaban J connectivity index is 1.72. The molecule has 9 heteroatoms. The molecule has 0 bridgehead atoms. The van der Waals surface area contributed by atoms with Gasteiger partial charge in [0.2, 0.25) is 10.0 Å². The molecule has 1 aromatic heterocycles. The third-order valence-corrected chi connectivity index (χ3v) is 6.40. The molecule has 162 valence electrons. The van der Waals surface area contributed by atoms with Crippen LogP contribution in [0.1, 0.15) is 29.6 Å². The highest BCUT2D eigenvalue weighted by Gasteiger charge is 2.20. The maximum absolute atomic E-state index is 13.0. The van der Waals surface area contributed by atoms with E-state index in [0.29, 0.717) is 5.69 Å². The number of nitrogens with two attached hydrogens (primary N) is 1. The van der Waals surface area contributed by atoms with Crippen LogP contribution in [0.4, 0.5) is 11.4 Å². The number of nitrogens with zero attached hydrogens (tertiary/aromatic N) is 2. The van der Waals surface area contributed by atoms with Gasteiger partial charge in [-0.05, 0) is 55.7 Å². The zero-order valence-corrected chi connectivity index (χ0v) is 18.0. The quantitative estimate of drug-likeness (QED) is 0.630. The molecule has 3 N–H and O–H groups in total. The fraction of sp³-hybridized carbons (Fsp3) is 0.273. The van der Waals surface area contributed by atoms with Crippen LogP contribution >= 0.6 is 0 Å². The number of primary sulfonamides is 1. The van der Waals surface area contributed by atoms with E-state index in [1.54, 1.807) is 12.4 Å². The highest BCUT2D eigenvalue weighted by atomic mass is 32.2. The van der Waals surface area contributed by atoms with Crippen LogP contribution in [-0.4, -0.2) is 39.5 Å². The molecule has 1 saturated heterocycles. The zero-order chi connectivity index (χ0) is 22.0. The van der Waals surface area contributed by atoms with Crippen molar-refractivity contribution < 1.29 is 17.9 Å². The Morgan fingerprint density at radius 1 is 1.10 bits per heavy atom. The summed E-state index contributed by atoms with van der Waals surface area (Å²) in [7, 11) is -2.55. The first-order chi connectivity index (χ1) is 14.9. The van der Waals surface area contributed by atoms with E-state index < -0.39 is 15.9 Å². The van der Waals surface area contributed by atoms with Gasteiger partial charge in [0.1, 0.15) is 5.75 Å². The number of piperidine rings is 1. The van der Waals surface area contributed by atoms with Crippen LogP contribution in [0.15, 0.2) is 53.7 Å². The van der Waals surface area contributed by atoms with Gasteiger partial charge in [-0.3, -0.25) is 9.78 Å². The van der Waals surface area contributed by atoms with Crippen molar-refractivity contribution in [2.24, 2.45) is 5.14 Å². The molecule has 0 saturated carbocycles. The van der Waals surface area contributed by atoms with Crippen molar-refractivity contribution in [1.82, 2.24) is 4.98 Å². The monoisotopic (exact) mass is 440 g/mol. The number of anilines is 2. The average molecular weight is 441 g/mol. The number of hydrogen-bond donors (Lipinski definition) is 2. The Labute approximate surface area is 181 Å². The van der Waals surface area contributed by atoms with E-state index in [0.717, 1.165) is 42.4 Å². The third-order valence-electron chi connectivity index (χ3n) is 5.48. The number of methoxy groups -OCH3 is 1. The first kappa shape index (κ1) is 21.1. The molecule has 1 aliphatic heterocycles. The van der Waals surface area contributed by atoms with Crippen LogP contribution in [0.3, 0.4) is 0 Å². The normalized spacial score (nSPS) is 14.5. The van der Waals surface area contributed by atoms with Gasteiger partial charge in [-0.2, -0.15) is 0 Å². The van der Waals surface area contributed by atoms with Gasteiger partial charge >= 0.3 is 0 Å². The first-order valence-corrected chi connectivity index (χ1v) is 11.6. The predicted octanol–water partition coefficient (Wildman–Crippen LogP) is 3.13. The van der Waals surface area contributed by atoms with Crippen molar-refractivity contribution in [2.45, 2.75) is 24.2 Å². The molecule has 1 amide bonds. The van der Waals surface area contributed by atoms with Gasteiger partial charge in [0.25, 0.3) is 5.91 Å². The summed E-state index contributed by atoms with van der Waals surface area (Å²) in [5, 5.41) is 9.90. The minimum atomic E-state index is -3.96. The molecule has 0 spiro atoms. The van der Waals surface area contributed by atoms with E-state index in [-0.39, 0.29) is 16.2 Å². The van der Waals surface area contributed by atoms with Crippen molar-refractivity contribution in [3.8, 4) is 5.75 Å². The van der Waals surface area contributed by atoms with Crippen molar-refractivity contribution in [2.75, 3.05) is 30.4 Å². The minimum Gasteiger partial charge on any atom is -0.496 e. The van der Waals surface area contributed by atoms with Gasteiger partial charge in [0.15, 0.2) is 0 Å². The second kappa shape index (κ2) is 8.52. The highest BCUT2D eigenvalue weighted by Crippen LogP contribution is 2.34. The predicted molar refractivity (Wildman–Crippen MR) is 120 cm³/mol. The number of pyridine rings is 1. The summed E-state index contributed by atoms with van der Waals surface area (Å²) in [5.74, 6) is -0.254. The second-order valence-corrected chi connectivity index (χ2v) is 9.02. The van der Waals surface area contributed by atoms with Crippen LogP contribution < -0.4 is 20.1 Å². The van der Waals surface area contributed by atoms with Gasteiger partial charge in [0.05, 0.1) is 23.3 Å². The Bertz CT molecular complexity index is 1240. The van der Waals surface area contributed by atoms with E-state index in [1.165, 1.54) is 31.7 Å². The molecule has 4 rings (SSSR count). The summed E-state index contributed by atoms with van der Waals surface area (Å²) < 4.78 is 28.7. The molecule has 3 aromatic rings. The van der Waals surface area contributed by atoms with E-state index in [9.17, 15) is 13.2 Å². The van der Waals surface area contributed by atoms with Crippen molar-refractivity contribution in [3.05, 3.63) is 54.4 Å². The van der Waals surface area contributed by atoms with Gasteiger partial charge < -0.3 is 15.0 Å². The lowest BCUT2D eigenvalue weighted by atomic mass is 10.0. The maximum Gasteiger partial charge on any atom is 0.259 e. The fourth-order valence-corrected chi connectivity index (χ4v) is 4.46. The number of aromatic nitrogens is 1. The third kappa shape index (κ3) is 4.33. The lowest BCUT2D eigenvalue weighted by Crippen LogP contribution is -2.29. The number of amides is 1. The molecule has 0 aliphatic carbocycles. The van der Waals surface area contributed by atoms with Gasteiger partial charge in [0, 0.05) is 41.9 Å². The summed E-state index contributed by atoms with van der Waals surface area (Å²) in [6, 6.07) is 9.72. The fourth-order valence-electron chi connectivity index (χ4n) is 3.92. The Kier molecular flexibility index (Phi) is 5.79. The number of fused-ring (bicyclic) bond motifs is 1. The highest BCUT2D eigenvalue weighted by molar-refractivity contribution is 7.89. The average Bonchev–Trinajstić information content (AvgIpc) is 2.78. The molecule has 0 radical (unpaired) electrons. The van der Waals surface area contributed by atoms with Crippen LogP contribution in [-0.2, 0) is 10.0 Å². The Hall–Kier alpha value is -3.17. The van der Waals surface area contributed by atoms with Crippen molar-refractivity contribution in [3.63, 3.8) is 0 Å². The standard InChI is InChI=1S/C22H24N4O4S/c1-30-21-8-5-15(31(23,28)29)13-17(21)22(27)25-19-6-7-20(26-11-3-2-4-12-26)16-9-10-24-14-18(16)19/h5-10,13-14H,2-4,11-12H2,1H3,(H,25,27)(H2,23,28,29). The Morgan fingerprint density at radius 2 is 1.87 bits per heavy atom. The summed E-state index contributed by atoms with van der Waals surface area (Å²) in [4.78, 5) is 19.5. The molecule has 8 nitrogen and oxygen atoms in total. The van der Waals surface area contributed by atoms with Crippen LogP contribution in [0.2, 0.25) is 0 Å². The smallest absolute Gasteiger partial charge is 0.259 e. The molecule has 1 aliphatic rings. The summed E-state index contributed by atoms with van der Waals surface area (Å²) in [6.07, 6.45) is 7.01. The number of sulfonamides is 1. The van der Waals surface area contributed by atoms with Crippen LogP contribution in [0.25, 0.3) is 10.8 Å². The molecule has 31 heavy (non-hydrogen) atoms. The number of ether oxygens (including phenoxy) is 1. The van der Waals surface area contributed by atoms with Gasteiger partial charge in [-0.25, -0.2) is 13.6 Å². The largest absolute Gasteiger partial charge is 0.496 e. The van der Waals surface area contributed by atoms with E-state index >= 15 is 0 Å². The molecule has 1 fully saturated rings. The molecule has 2 aromatic carbocycles. The molecular weight excluding hydrogens is 416 g/mol. The van der Waals surface area contributed by atoms with Crippen LogP contribution in [0, 0.1) is 0 Å². The number of rotatable bonds is 5. The summed E-state index contributed by atoms with van der Waals surface area (Å²) in [5.41, 5.74) is 1.77. The lowest BCUT2D eigenvalue weighted by Gasteiger charge is -2.30. The van der Waals surface area contributed by atoms with E-state index in [2.05, 4.69) is 15.2 Å². The SMILES string of the molecule is COc1ccc(S(N)(=O)=O)cc1C(=O)Nc1ccc(N2CCCCC2)c2ccncc12. The lowest BCUT2D eigenvalue weighted by molar-refractivity contribution is 0.102. The van der Waals surface area contributed by atoms with E-state index in [4.69, 9.17) is 9.88 Å². The van der Waals surface area contributed by atoms with Crippen LogP contribution in [0.5, 0.6) is 5.75 Å². The minimum absolute atomic E-state index is 0.0752. The molecule has 2 heterocycles. The summed E-state index contributed by atoms with van der Waals surface area (Å²) in [6.45, 7) is 2.00. The molecular formula is C22H24N4O4S. The zero-order valence-electron chi connectivity index (χ0n) is 17.2. The number of nitrogens with one attached hydrogen (secondary N) is 1. The number of hydrogen-bond acceptors (Lipinski definition) is 6. The number of carbonyl (C=O) groups is 1. The number of benzene rings is 2. The van der Waals surface area contributed by atoms with Crippen molar-refractivity contribution >= 4 is 38.1 Å².